The van der Waals surface area contributed by atoms with Crippen molar-refractivity contribution in [3.63, 3.8) is 0 Å². The molecule has 0 saturated carbocycles. The molecule has 0 aliphatic carbocycles. The van der Waals surface area contributed by atoms with Gasteiger partial charge in [0.15, 0.2) is 6.10 Å². The van der Waals surface area contributed by atoms with Gasteiger partial charge in [0.25, 0.3) is 0 Å². The quantitative estimate of drug-likeness (QED) is 0.0315. The van der Waals surface area contributed by atoms with Crippen molar-refractivity contribution in [3.8, 4) is 33.8 Å². The van der Waals surface area contributed by atoms with Crippen LogP contribution in [0.1, 0.15) is 83.3 Å². The molecule has 9 nitrogen and oxygen atoms in total. The van der Waals surface area contributed by atoms with E-state index in [2.05, 4.69) is 62.5 Å². The molecule has 4 aromatic rings. The van der Waals surface area contributed by atoms with Crippen LogP contribution in [0.3, 0.4) is 0 Å². The molecule has 1 saturated heterocycles. The van der Waals surface area contributed by atoms with Gasteiger partial charge < -0.3 is 28.4 Å². The summed E-state index contributed by atoms with van der Waals surface area (Å²) in [5.74, 6) is 0.714. The van der Waals surface area contributed by atoms with E-state index >= 15 is 0 Å². The van der Waals surface area contributed by atoms with Crippen LogP contribution in [-0.4, -0.2) is 57.2 Å². The predicted octanol–water partition coefficient (Wildman–Crippen LogP) is 10.9. The number of carbonyl (C=O) groups excluding carboxylic acids is 3. The normalized spacial score (nSPS) is 13.5. The number of benzene rings is 4. The van der Waals surface area contributed by atoms with Crippen LogP contribution in [-0.2, 0) is 41.4 Å². The number of unbranched alkanes of at least 4 members (excludes halogenated alkanes) is 5. The van der Waals surface area contributed by atoms with Crippen LogP contribution in [0.4, 0.5) is 4.79 Å². The fraction of sp³-hybridized carbons (Fsp3) is 0.396. The van der Waals surface area contributed by atoms with Crippen molar-refractivity contribution in [2.45, 2.75) is 91.1 Å². The molecule has 0 spiro atoms. The van der Waals surface area contributed by atoms with Crippen molar-refractivity contribution >= 4 is 28.9 Å². The van der Waals surface area contributed by atoms with E-state index in [-0.39, 0.29) is 26.4 Å². The fourth-order valence-corrected chi connectivity index (χ4v) is 6.72. The Balaban J connectivity index is 1.44. The Labute approximate surface area is 336 Å². The van der Waals surface area contributed by atoms with Gasteiger partial charge in [0.2, 0.25) is 0 Å². The number of cyclic esters (lactones) is 2. The average Bonchev–Trinajstić information content (AvgIpc) is 3.64. The van der Waals surface area contributed by atoms with E-state index in [0.717, 1.165) is 56.3 Å². The Bertz CT molecular complexity index is 1960. The van der Waals surface area contributed by atoms with Gasteiger partial charge in [0.05, 0.1) is 19.8 Å². The largest absolute Gasteiger partial charge is 0.508 e. The average molecular weight is 777 g/mol. The predicted molar refractivity (Wildman–Crippen MR) is 224 cm³/mol. The highest BCUT2D eigenvalue weighted by Gasteiger charge is 2.25. The highest BCUT2D eigenvalue weighted by atomic mass is 16.8. The van der Waals surface area contributed by atoms with Gasteiger partial charge in [-0.3, -0.25) is 0 Å². The van der Waals surface area contributed by atoms with Crippen LogP contribution in [0.5, 0.6) is 11.5 Å². The highest BCUT2D eigenvalue weighted by molar-refractivity contribution is 5.90. The van der Waals surface area contributed by atoms with Crippen LogP contribution >= 0.6 is 0 Å². The Morgan fingerprint density at radius 1 is 0.649 bits per heavy atom. The maximum absolute atomic E-state index is 12.2. The summed E-state index contributed by atoms with van der Waals surface area (Å²) >= 11 is 0. The molecular formula is C48H56O9. The van der Waals surface area contributed by atoms with Crippen LogP contribution in [0.15, 0.2) is 97.1 Å². The summed E-state index contributed by atoms with van der Waals surface area (Å²) in [7, 11) is 0. The molecule has 1 aliphatic rings. The molecular weight excluding hydrogens is 721 g/mol. The summed E-state index contributed by atoms with van der Waals surface area (Å²) < 4.78 is 33.0. The van der Waals surface area contributed by atoms with E-state index in [9.17, 15) is 14.4 Å². The highest BCUT2D eigenvalue weighted by Crippen LogP contribution is 2.37. The summed E-state index contributed by atoms with van der Waals surface area (Å²) in [5.41, 5.74) is 7.22. The fourth-order valence-electron chi connectivity index (χ4n) is 6.72. The number of hydrogen-bond donors (Lipinski definition) is 0. The Hall–Kier alpha value is -5.57. The maximum Gasteiger partial charge on any atom is 0.508 e. The molecule has 1 heterocycles. The number of rotatable bonds is 23. The van der Waals surface area contributed by atoms with Gasteiger partial charge in [0, 0.05) is 11.1 Å². The number of carbonyl (C=O) groups is 3. The summed E-state index contributed by atoms with van der Waals surface area (Å²) in [5, 5.41) is 2.02. The maximum atomic E-state index is 12.2. The molecule has 0 N–H and O–H groups in total. The lowest BCUT2D eigenvalue weighted by atomic mass is 9.86. The van der Waals surface area contributed by atoms with Crippen molar-refractivity contribution in [3.05, 3.63) is 108 Å². The van der Waals surface area contributed by atoms with Crippen LogP contribution in [0.2, 0.25) is 0 Å². The zero-order chi connectivity index (χ0) is 40.6. The third-order valence-corrected chi connectivity index (χ3v) is 9.79. The first kappa shape index (κ1) is 42.6. The third kappa shape index (κ3) is 13.0. The molecule has 0 amide bonds. The van der Waals surface area contributed by atoms with Crippen molar-refractivity contribution in [1.29, 1.82) is 0 Å². The van der Waals surface area contributed by atoms with E-state index < -0.39 is 24.2 Å². The molecule has 1 fully saturated rings. The minimum absolute atomic E-state index is 0.172. The zero-order valence-electron chi connectivity index (χ0n) is 33.7. The summed E-state index contributed by atoms with van der Waals surface area (Å²) in [6.07, 6.45) is 8.71. The smallest absolute Gasteiger partial charge is 0.494 e. The van der Waals surface area contributed by atoms with E-state index in [1.54, 1.807) is 13.8 Å². The molecule has 57 heavy (non-hydrogen) atoms. The Morgan fingerprint density at radius 3 is 1.84 bits per heavy atom. The Kier molecular flexibility index (Phi) is 16.2. The van der Waals surface area contributed by atoms with E-state index in [4.69, 9.17) is 28.4 Å². The summed E-state index contributed by atoms with van der Waals surface area (Å²) in [4.78, 5) is 35.7. The second kappa shape index (κ2) is 21.7. The number of aryl methyl sites for hydroxylation is 2. The lowest BCUT2D eigenvalue weighted by Gasteiger charge is -2.19. The zero-order valence-corrected chi connectivity index (χ0v) is 33.7. The van der Waals surface area contributed by atoms with Gasteiger partial charge in [-0.25, -0.2) is 14.4 Å². The molecule has 0 radical (unpaired) electrons. The molecule has 4 aromatic carbocycles. The topological polar surface area (TPSA) is 107 Å². The molecule has 0 aromatic heterocycles. The first-order valence-corrected chi connectivity index (χ1v) is 20.2. The van der Waals surface area contributed by atoms with E-state index in [0.29, 0.717) is 49.2 Å². The summed E-state index contributed by atoms with van der Waals surface area (Å²) in [6.45, 7) is 14.5. The molecule has 9 heteroatoms. The van der Waals surface area contributed by atoms with Crippen LogP contribution < -0.4 is 9.47 Å². The SMILES string of the molecule is C=C(C)C(=O)OCCCc1cc(-c2ccc(OCCCCCCCC)cc2)cc(CCCOC(=O)C(=C)C)c1-c1ccc2cc(OCC3COC(=O)O3)ccc2c1. The van der Waals surface area contributed by atoms with Gasteiger partial charge in [-0.1, -0.05) is 94.7 Å². The monoisotopic (exact) mass is 776 g/mol. The summed E-state index contributed by atoms with van der Waals surface area (Å²) in [6, 6.07) is 25.0. The first-order chi connectivity index (χ1) is 27.6. The number of esters is 2. The van der Waals surface area contributed by atoms with Gasteiger partial charge in [-0.2, -0.15) is 0 Å². The molecule has 0 bridgehead atoms. The van der Waals surface area contributed by atoms with Gasteiger partial charge in [-0.15, -0.1) is 0 Å². The van der Waals surface area contributed by atoms with E-state index in [1.807, 2.05) is 30.3 Å². The second-order valence-corrected chi connectivity index (χ2v) is 14.7. The Morgan fingerprint density at radius 2 is 1.23 bits per heavy atom. The van der Waals surface area contributed by atoms with Gasteiger partial charge >= 0.3 is 18.1 Å². The number of ether oxygens (including phenoxy) is 6. The molecule has 5 rings (SSSR count). The van der Waals surface area contributed by atoms with Gasteiger partial charge in [0.1, 0.15) is 24.7 Å². The number of fused-ring (bicyclic) bond motifs is 1. The molecule has 1 atom stereocenters. The second-order valence-electron chi connectivity index (χ2n) is 14.7. The standard InChI is InChI=1S/C48H56O9/c1-6-7-8-9-10-11-24-52-42-21-18-35(19-22-42)41-28-38(14-12-25-53-46(49)33(2)3)45(39(29-41)15-13-26-54-47(50)34(4)5)40-17-16-37-30-43(23-20-36(37)27-40)55-31-44-32-56-48(51)57-44/h16-23,27-30,44H,2,4,6-15,24-26,31-32H2,1,3,5H3. The van der Waals surface area contributed by atoms with Crippen molar-refractivity contribution < 1.29 is 42.8 Å². The van der Waals surface area contributed by atoms with Crippen molar-refractivity contribution in [1.82, 2.24) is 0 Å². The first-order valence-electron chi connectivity index (χ1n) is 20.2. The van der Waals surface area contributed by atoms with Crippen molar-refractivity contribution in [2.24, 2.45) is 0 Å². The molecule has 1 unspecified atom stereocenters. The van der Waals surface area contributed by atoms with Crippen molar-refractivity contribution in [2.75, 3.05) is 33.0 Å². The van der Waals surface area contributed by atoms with E-state index in [1.165, 1.54) is 32.1 Å². The lowest BCUT2D eigenvalue weighted by molar-refractivity contribution is -0.139. The minimum Gasteiger partial charge on any atom is -0.494 e. The minimum atomic E-state index is -0.677. The molecule has 1 aliphatic heterocycles. The van der Waals surface area contributed by atoms with Gasteiger partial charge in [-0.05, 0) is 120 Å². The molecule has 302 valence electrons. The third-order valence-electron chi connectivity index (χ3n) is 9.79. The van der Waals surface area contributed by atoms with Crippen LogP contribution in [0.25, 0.3) is 33.0 Å². The lowest BCUT2D eigenvalue weighted by Crippen LogP contribution is -2.19. The number of hydrogen-bond acceptors (Lipinski definition) is 9. The van der Waals surface area contributed by atoms with Crippen LogP contribution in [0, 0.1) is 0 Å².